The molecule has 3 aromatic rings. The second-order valence-electron chi connectivity index (χ2n) is 8.75. The fourth-order valence-corrected chi connectivity index (χ4v) is 4.51. The van der Waals surface area contributed by atoms with Gasteiger partial charge in [0.15, 0.2) is 0 Å². The number of benzene rings is 3. The molecule has 37 heavy (non-hydrogen) atoms. The van der Waals surface area contributed by atoms with Crippen molar-refractivity contribution >= 4 is 29.4 Å². The van der Waals surface area contributed by atoms with Crippen LogP contribution in [-0.4, -0.2) is 40.0 Å². The smallest absolute Gasteiger partial charge is 0.341 e. The van der Waals surface area contributed by atoms with Gasteiger partial charge in [0.25, 0.3) is 11.8 Å². The Hall–Kier alpha value is -3.98. The van der Waals surface area contributed by atoms with Gasteiger partial charge in [0, 0.05) is 23.6 Å². The van der Waals surface area contributed by atoms with Gasteiger partial charge in [-0.3, -0.25) is 14.5 Å². The first-order valence-corrected chi connectivity index (χ1v) is 11.8. The molecule has 0 radical (unpaired) electrons. The number of aliphatic carboxylic acids is 1. The Bertz CT molecular complexity index is 1350. The molecule has 0 bridgehead atoms. The molecule has 3 aromatic carbocycles. The van der Waals surface area contributed by atoms with Gasteiger partial charge < -0.3 is 5.11 Å². The monoisotopic (exact) mass is 526 g/mol. The summed E-state index contributed by atoms with van der Waals surface area (Å²) < 4.78 is 30.5. The predicted octanol–water partition coefficient (Wildman–Crippen LogP) is 6.21. The fourth-order valence-electron chi connectivity index (χ4n) is 4.39. The van der Waals surface area contributed by atoms with Crippen LogP contribution in [0.1, 0.15) is 51.6 Å². The van der Waals surface area contributed by atoms with Crippen molar-refractivity contribution in [2.45, 2.75) is 31.0 Å². The Balaban J connectivity index is 1.46. The van der Waals surface area contributed by atoms with E-state index in [-0.39, 0.29) is 29.7 Å². The van der Waals surface area contributed by atoms with E-state index in [9.17, 15) is 28.8 Å². The van der Waals surface area contributed by atoms with Gasteiger partial charge >= 0.3 is 5.97 Å². The summed E-state index contributed by atoms with van der Waals surface area (Å²) in [5, 5.41) is 12.9. The number of hydrogen-bond donors (Lipinski definition) is 1. The topological polar surface area (TPSA) is 104 Å². The number of carbonyl (C=O) groups is 3. The van der Waals surface area contributed by atoms with E-state index in [0.29, 0.717) is 16.1 Å². The van der Waals surface area contributed by atoms with Gasteiger partial charge in [-0.05, 0) is 54.3 Å². The molecule has 0 spiro atoms. The van der Waals surface area contributed by atoms with Gasteiger partial charge in [0.1, 0.15) is 11.9 Å². The Morgan fingerprint density at radius 3 is 2.14 bits per heavy atom. The predicted molar refractivity (Wildman–Crippen MR) is 133 cm³/mol. The molecule has 0 saturated carbocycles. The lowest BCUT2D eigenvalue weighted by Gasteiger charge is -2.24. The van der Waals surface area contributed by atoms with Crippen LogP contribution in [0.2, 0.25) is 5.02 Å². The Morgan fingerprint density at radius 2 is 1.59 bits per heavy atom. The van der Waals surface area contributed by atoms with Crippen molar-refractivity contribution in [2.24, 2.45) is 5.18 Å². The number of nitroso groups, excluding NO2 is 1. The van der Waals surface area contributed by atoms with Gasteiger partial charge in [0.05, 0.1) is 11.1 Å². The highest BCUT2D eigenvalue weighted by atomic mass is 35.5. The number of halogens is 3. The van der Waals surface area contributed by atoms with E-state index in [1.165, 1.54) is 24.3 Å². The highest BCUT2D eigenvalue weighted by Gasteiger charge is 2.43. The lowest BCUT2D eigenvalue weighted by atomic mass is 9.88. The number of nitrogens with zero attached hydrogens (tertiary/aromatic N) is 2. The van der Waals surface area contributed by atoms with E-state index < -0.39 is 48.2 Å². The zero-order valence-corrected chi connectivity index (χ0v) is 20.1. The van der Waals surface area contributed by atoms with E-state index >= 15 is 4.39 Å². The van der Waals surface area contributed by atoms with Crippen LogP contribution in [0.5, 0.6) is 0 Å². The average Bonchev–Trinajstić information content (AvgIpc) is 3.13. The molecule has 2 amide bonds. The summed E-state index contributed by atoms with van der Waals surface area (Å²) in [6.45, 7) is -0.214. The maximum atomic E-state index is 15.6. The lowest BCUT2D eigenvalue weighted by Crippen LogP contribution is -2.37. The van der Waals surface area contributed by atoms with Crippen LogP contribution < -0.4 is 0 Å². The first-order valence-electron chi connectivity index (χ1n) is 11.4. The summed E-state index contributed by atoms with van der Waals surface area (Å²) in [6.07, 6.45) is -1.71. The molecular weight excluding hydrogens is 506 g/mol. The maximum absolute atomic E-state index is 15.6. The van der Waals surface area contributed by atoms with E-state index in [1.54, 1.807) is 36.4 Å². The van der Waals surface area contributed by atoms with Gasteiger partial charge in [-0.15, -0.1) is 0 Å². The van der Waals surface area contributed by atoms with Crippen molar-refractivity contribution in [1.82, 2.24) is 4.90 Å². The number of carboxylic acid groups (broad SMARTS) is 1. The van der Waals surface area contributed by atoms with Crippen molar-refractivity contribution in [3.8, 4) is 11.1 Å². The number of carbonyl (C=O) groups excluding carboxylic acids is 2. The molecule has 0 fully saturated rings. The molecule has 1 heterocycles. The summed E-state index contributed by atoms with van der Waals surface area (Å²) in [5.74, 6) is -3.77. The van der Waals surface area contributed by atoms with Crippen LogP contribution in [0.3, 0.4) is 0 Å². The van der Waals surface area contributed by atoms with Gasteiger partial charge in [-0.2, -0.15) is 4.91 Å². The van der Waals surface area contributed by atoms with Crippen molar-refractivity contribution in [3.05, 3.63) is 99.2 Å². The number of rotatable bonds is 10. The third kappa shape index (κ3) is 5.27. The zero-order valence-electron chi connectivity index (χ0n) is 19.4. The van der Waals surface area contributed by atoms with Crippen LogP contribution in [0.4, 0.5) is 8.78 Å². The van der Waals surface area contributed by atoms with E-state index in [0.717, 1.165) is 11.0 Å². The second kappa shape index (κ2) is 10.6. The molecule has 7 nitrogen and oxygen atoms in total. The van der Waals surface area contributed by atoms with E-state index in [1.807, 2.05) is 0 Å². The van der Waals surface area contributed by atoms with Crippen LogP contribution >= 0.6 is 11.6 Å². The number of amides is 2. The normalized spacial score (nSPS) is 15.3. The van der Waals surface area contributed by atoms with Gasteiger partial charge in [-0.25, -0.2) is 13.6 Å². The number of hydrogen-bond acceptors (Lipinski definition) is 5. The molecule has 0 aromatic heterocycles. The Labute approximate surface area is 215 Å². The quantitative estimate of drug-likeness (QED) is 0.250. The number of carboxylic acids is 1. The Morgan fingerprint density at radius 1 is 1.00 bits per heavy atom. The molecule has 10 heteroatoms. The summed E-state index contributed by atoms with van der Waals surface area (Å²) >= 11 is 5.87. The van der Waals surface area contributed by atoms with Gasteiger partial charge in [-0.1, -0.05) is 53.2 Å². The standard InChI is InChI=1S/C27H21ClF2N2O5/c28-18-9-6-16(7-10-18)17-8-11-21(22(29)14-17)23(31-37)15-27(30,26(35)36)12-3-13-32-24(33)19-4-1-2-5-20(19)25(32)34/h1-2,4-11,14,23H,3,12-13,15H2,(H,35,36). The molecular formula is C27H21ClF2N2O5. The number of alkyl halides is 1. The number of imide groups is 1. The Kier molecular flexibility index (Phi) is 7.45. The molecule has 1 N–H and O–H groups in total. The third-order valence-electron chi connectivity index (χ3n) is 6.40. The molecule has 4 rings (SSSR count). The zero-order chi connectivity index (χ0) is 26.7. The minimum atomic E-state index is -2.95. The molecule has 0 aliphatic carbocycles. The highest BCUT2D eigenvalue weighted by molar-refractivity contribution is 6.30. The van der Waals surface area contributed by atoms with Crippen molar-refractivity contribution in [1.29, 1.82) is 0 Å². The minimum absolute atomic E-state index is 0.183. The SMILES string of the molecule is O=NC(CC(F)(CCCN1C(=O)c2ccccc2C1=O)C(=O)O)c1ccc(-c2ccc(Cl)cc2)cc1F. The maximum Gasteiger partial charge on any atom is 0.341 e. The molecule has 2 atom stereocenters. The summed E-state index contributed by atoms with van der Waals surface area (Å²) in [6, 6.07) is 15.2. The molecule has 1 aliphatic rings. The van der Waals surface area contributed by atoms with Crippen LogP contribution in [0.25, 0.3) is 11.1 Å². The van der Waals surface area contributed by atoms with Crippen LogP contribution in [-0.2, 0) is 4.79 Å². The first-order chi connectivity index (χ1) is 17.6. The second-order valence-corrected chi connectivity index (χ2v) is 9.19. The van der Waals surface area contributed by atoms with E-state index in [4.69, 9.17) is 11.6 Å². The highest BCUT2D eigenvalue weighted by Crippen LogP contribution is 2.36. The summed E-state index contributed by atoms with van der Waals surface area (Å²) in [5.41, 5.74) is -1.60. The molecule has 2 unspecified atom stereocenters. The van der Waals surface area contributed by atoms with E-state index in [2.05, 4.69) is 5.18 Å². The molecule has 0 saturated heterocycles. The molecule has 190 valence electrons. The first kappa shape index (κ1) is 26.1. The lowest BCUT2D eigenvalue weighted by molar-refractivity contribution is -0.152. The largest absolute Gasteiger partial charge is 0.479 e. The third-order valence-corrected chi connectivity index (χ3v) is 6.65. The summed E-state index contributed by atoms with van der Waals surface area (Å²) in [7, 11) is 0. The fraction of sp³-hybridized carbons (Fsp3) is 0.222. The summed E-state index contributed by atoms with van der Waals surface area (Å²) in [4.78, 5) is 49.3. The van der Waals surface area contributed by atoms with Crippen LogP contribution in [0, 0.1) is 10.7 Å². The average molecular weight is 527 g/mol. The minimum Gasteiger partial charge on any atom is -0.479 e. The van der Waals surface area contributed by atoms with Crippen molar-refractivity contribution in [2.75, 3.05) is 6.54 Å². The molecule has 1 aliphatic heterocycles. The number of fused-ring (bicyclic) bond motifs is 1. The van der Waals surface area contributed by atoms with Crippen LogP contribution in [0.15, 0.2) is 71.9 Å². The van der Waals surface area contributed by atoms with Crippen molar-refractivity contribution in [3.63, 3.8) is 0 Å². The van der Waals surface area contributed by atoms with Crippen molar-refractivity contribution < 1.29 is 28.3 Å². The van der Waals surface area contributed by atoms with Gasteiger partial charge in [0.2, 0.25) is 5.67 Å².